The zero-order valence-corrected chi connectivity index (χ0v) is 24.3. The number of carbonyl (C=O) groups is 2. The number of nitrogens with zero attached hydrogens (tertiary/aromatic N) is 2. The number of nitrogen functional groups attached to an aromatic ring is 1. The molecule has 2 heterocycles. The molecular formula is C31H28ClN3O7. The summed E-state index contributed by atoms with van der Waals surface area (Å²) in [5.41, 5.74) is 9.42. The largest absolute Gasteiger partial charge is 0.496 e. The number of nitrogens with two attached hydrogens (primary N) is 1. The molecule has 11 heteroatoms. The third-order valence-electron chi connectivity index (χ3n) is 6.31. The van der Waals surface area contributed by atoms with Gasteiger partial charge in [-0.25, -0.2) is 9.59 Å². The van der Waals surface area contributed by atoms with E-state index in [9.17, 15) is 9.59 Å². The number of esters is 2. The number of fused-ring (bicyclic) bond motifs is 2. The van der Waals surface area contributed by atoms with Gasteiger partial charge < -0.3 is 29.4 Å². The molecule has 0 radical (unpaired) electrons. The van der Waals surface area contributed by atoms with Gasteiger partial charge in [-0.05, 0) is 55.0 Å². The van der Waals surface area contributed by atoms with Gasteiger partial charge in [0.05, 0.1) is 44.5 Å². The Kier molecular flexibility index (Phi) is 9.28. The van der Waals surface area contributed by atoms with Gasteiger partial charge in [-0.1, -0.05) is 11.6 Å². The third-order valence-corrected chi connectivity index (χ3v) is 6.64. The quantitative estimate of drug-likeness (QED) is 0.175. The lowest BCUT2D eigenvalue weighted by Gasteiger charge is -2.12. The molecule has 5 rings (SSSR count). The summed E-state index contributed by atoms with van der Waals surface area (Å²) in [5.74, 6) is 1.07. The number of hydrogen-bond donors (Lipinski definition) is 1. The first-order valence-corrected chi connectivity index (χ1v) is 12.9. The maximum Gasteiger partial charge on any atom is 0.341 e. The Balaban J connectivity index is 0.000000208. The molecule has 0 aliphatic heterocycles. The number of anilines is 1. The predicted octanol–water partition coefficient (Wildman–Crippen LogP) is 6.40. The maximum atomic E-state index is 12.0. The summed E-state index contributed by atoms with van der Waals surface area (Å²) in [6.07, 6.45) is 3.24. The van der Waals surface area contributed by atoms with E-state index in [-0.39, 0.29) is 0 Å². The minimum Gasteiger partial charge on any atom is -0.496 e. The fourth-order valence-electron chi connectivity index (χ4n) is 4.09. The van der Waals surface area contributed by atoms with Crippen LogP contribution in [0.5, 0.6) is 23.0 Å². The summed E-state index contributed by atoms with van der Waals surface area (Å²) >= 11 is 6.04. The number of methoxy groups -OCH3 is 4. The number of hydrogen-bond acceptors (Lipinski definition) is 10. The van der Waals surface area contributed by atoms with Gasteiger partial charge in [-0.3, -0.25) is 9.97 Å². The first-order chi connectivity index (χ1) is 20.2. The Bertz CT molecular complexity index is 1790. The summed E-state index contributed by atoms with van der Waals surface area (Å²) in [4.78, 5) is 32.1. The molecule has 0 atom stereocenters. The van der Waals surface area contributed by atoms with Crippen molar-refractivity contribution < 1.29 is 33.3 Å². The van der Waals surface area contributed by atoms with Gasteiger partial charge in [0.15, 0.2) is 0 Å². The number of aryl methyl sites for hydroxylation is 1. The molecule has 3 aromatic carbocycles. The van der Waals surface area contributed by atoms with Crippen LogP contribution in [-0.2, 0) is 9.47 Å². The van der Waals surface area contributed by atoms with E-state index < -0.39 is 11.9 Å². The van der Waals surface area contributed by atoms with E-state index in [2.05, 4.69) is 14.7 Å². The molecule has 0 bridgehead atoms. The smallest absolute Gasteiger partial charge is 0.341 e. The molecule has 0 fully saturated rings. The maximum absolute atomic E-state index is 12.0. The highest BCUT2D eigenvalue weighted by Gasteiger charge is 2.17. The van der Waals surface area contributed by atoms with Gasteiger partial charge in [-0.15, -0.1) is 0 Å². The second-order valence-electron chi connectivity index (χ2n) is 8.84. The van der Waals surface area contributed by atoms with E-state index in [0.29, 0.717) is 66.6 Å². The lowest BCUT2D eigenvalue weighted by Crippen LogP contribution is -2.04. The van der Waals surface area contributed by atoms with Crippen LogP contribution in [0.2, 0.25) is 5.02 Å². The molecule has 216 valence electrons. The average molecular weight is 590 g/mol. The number of carbonyl (C=O) groups excluding carboxylic acids is 2. The summed E-state index contributed by atoms with van der Waals surface area (Å²) in [6, 6.07) is 15.5. The Hall–Kier alpha value is -5.09. The zero-order valence-electron chi connectivity index (χ0n) is 23.6. The first-order valence-electron chi connectivity index (χ1n) is 12.5. The van der Waals surface area contributed by atoms with E-state index in [1.165, 1.54) is 28.4 Å². The number of ether oxygens (including phenoxy) is 5. The molecule has 0 unspecified atom stereocenters. The standard InChI is InChI=1S/C19H18N2O4.C12H10ClNO3/c1-11-8-12(4-5-15(11)20)25-17-6-7-21-16-10-18(23-2)14(9-13(16)17)19(22)24-3;1-16-11-6-10-7(9(13)3-4-14-10)5-8(11)12(15)17-2/h4-10H,20H2,1-3H3;3-6H,1-2H3. The Morgan fingerprint density at radius 1 is 0.714 bits per heavy atom. The monoisotopic (exact) mass is 589 g/mol. The van der Waals surface area contributed by atoms with Gasteiger partial charge in [0.1, 0.15) is 34.1 Å². The van der Waals surface area contributed by atoms with Crippen molar-refractivity contribution in [2.24, 2.45) is 0 Å². The second kappa shape index (κ2) is 13.0. The van der Waals surface area contributed by atoms with Crippen molar-refractivity contribution in [2.45, 2.75) is 6.92 Å². The fourth-order valence-corrected chi connectivity index (χ4v) is 4.30. The molecule has 0 saturated heterocycles. The molecule has 42 heavy (non-hydrogen) atoms. The van der Waals surface area contributed by atoms with E-state index in [1.54, 1.807) is 60.9 Å². The van der Waals surface area contributed by atoms with Gasteiger partial charge >= 0.3 is 11.9 Å². The molecule has 0 aliphatic carbocycles. The second-order valence-corrected chi connectivity index (χ2v) is 9.25. The molecule has 2 aromatic heterocycles. The van der Waals surface area contributed by atoms with Gasteiger partial charge in [0.25, 0.3) is 0 Å². The average Bonchev–Trinajstić information content (AvgIpc) is 3.01. The minimum absolute atomic E-state index is 0.309. The Morgan fingerprint density at radius 3 is 1.81 bits per heavy atom. The van der Waals surface area contributed by atoms with Crippen molar-refractivity contribution in [2.75, 3.05) is 34.2 Å². The summed E-state index contributed by atoms with van der Waals surface area (Å²) in [5, 5.41) is 1.90. The Labute approximate surface area is 246 Å². The van der Waals surface area contributed by atoms with Crippen LogP contribution in [0.15, 0.2) is 67.0 Å². The zero-order chi connectivity index (χ0) is 30.4. The fraction of sp³-hybridized carbons (Fsp3) is 0.161. The highest BCUT2D eigenvalue weighted by atomic mass is 35.5. The van der Waals surface area contributed by atoms with Crippen molar-refractivity contribution in [3.63, 3.8) is 0 Å². The summed E-state index contributed by atoms with van der Waals surface area (Å²) in [7, 11) is 5.61. The molecule has 0 spiro atoms. The predicted molar refractivity (Wildman–Crippen MR) is 160 cm³/mol. The minimum atomic E-state index is -0.489. The van der Waals surface area contributed by atoms with Crippen LogP contribution in [0.1, 0.15) is 26.3 Å². The first kappa shape index (κ1) is 29.9. The highest BCUT2D eigenvalue weighted by Crippen LogP contribution is 2.34. The van der Waals surface area contributed by atoms with E-state index >= 15 is 0 Å². The highest BCUT2D eigenvalue weighted by molar-refractivity contribution is 6.35. The van der Waals surface area contributed by atoms with Crippen molar-refractivity contribution >= 4 is 51.0 Å². The van der Waals surface area contributed by atoms with Crippen LogP contribution in [0.4, 0.5) is 5.69 Å². The third kappa shape index (κ3) is 6.29. The van der Waals surface area contributed by atoms with E-state index in [4.69, 9.17) is 36.3 Å². The summed E-state index contributed by atoms with van der Waals surface area (Å²) in [6.45, 7) is 1.91. The van der Waals surface area contributed by atoms with Crippen LogP contribution < -0.4 is 19.9 Å². The normalized spacial score (nSPS) is 10.4. The van der Waals surface area contributed by atoms with Crippen LogP contribution in [-0.4, -0.2) is 50.3 Å². The lowest BCUT2D eigenvalue weighted by atomic mass is 10.1. The lowest BCUT2D eigenvalue weighted by molar-refractivity contribution is 0.0588. The van der Waals surface area contributed by atoms with Crippen molar-refractivity contribution in [1.29, 1.82) is 0 Å². The number of aromatic nitrogens is 2. The number of pyridine rings is 2. The Morgan fingerprint density at radius 2 is 1.26 bits per heavy atom. The molecule has 2 N–H and O–H groups in total. The number of rotatable bonds is 6. The molecule has 5 aromatic rings. The van der Waals surface area contributed by atoms with Crippen molar-refractivity contribution in [1.82, 2.24) is 9.97 Å². The number of benzene rings is 3. The van der Waals surface area contributed by atoms with Gasteiger partial charge in [-0.2, -0.15) is 0 Å². The van der Waals surface area contributed by atoms with Gasteiger partial charge in [0, 0.05) is 41.0 Å². The van der Waals surface area contributed by atoms with Crippen molar-refractivity contribution in [3.05, 3.63) is 88.7 Å². The van der Waals surface area contributed by atoms with Crippen LogP contribution in [0.3, 0.4) is 0 Å². The van der Waals surface area contributed by atoms with Gasteiger partial charge in [0.2, 0.25) is 0 Å². The topological polar surface area (TPSA) is 132 Å². The van der Waals surface area contributed by atoms with Crippen molar-refractivity contribution in [3.8, 4) is 23.0 Å². The van der Waals surface area contributed by atoms with Crippen LogP contribution >= 0.6 is 11.6 Å². The van der Waals surface area contributed by atoms with E-state index in [0.717, 1.165) is 5.56 Å². The molecule has 0 amide bonds. The molecular weight excluding hydrogens is 562 g/mol. The number of halogens is 1. The molecule has 10 nitrogen and oxygen atoms in total. The van der Waals surface area contributed by atoms with Crippen LogP contribution in [0, 0.1) is 6.92 Å². The molecule has 0 aliphatic rings. The van der Waals surface area contributed by atoms with E-state index in [1.807, 2.05) is 13.0 Å². The van der Waals surface area contributed by atoms with Crippen LogP contribution in [0.25, 0.3) is 21.8 Å². The SMILES string of the molecule is COC(=O)c1cc2c(Cl)ccnc2cc1OC.COC(=O)c1cc2c(Oc3ccc(N)c(C)c3)ccnc2cc1OC. The summed E-state index contributed by atoms with van der Waals surface area (Å²) < 4.78 is 25.9. The molecule has 0 saturated carbocycles.